The average molecular weight is 256 g/mol. The number of hydrogen-bond acceptors (Lipinski definition) is 4. The van der Waals surface area contributed by atoms with E-state index in [-0.39, 0.29) is 13.0 Å². The Labute approximate surface area is 105 Å². The van der Waals surface area contributed by atoms with Gasteiger partial charge < -0.3 is 14.9 Å². The van der Waals surface area contributed by atoms with Crippen molar-refractivity contribution in [3.63, 3.8) is 0 Å². The first kappa shape index (κ1) is 13.9. The van der Waals surface area contributed by atoms with E-state index in [0.29, 0.717) is 18.8 Å². The highest BCUT2D eigenvalue weighted by Gasteiger charge is 1.99. The van der Waals surface area contributed by atoms with Gasteiger partial charge in [0.2, 0.25) is 0 Å². The Morgan fingerprint density at radius 1 is 1.41 bits per heavy atom. The van der Waals surface area contributed by atoms with Gasteiger partial charge in [-0.2, -0.15) is 0 Å². The van der Waals surface area contributed by atoms with Gasteiger partial charge in [0.25, 0.3) is 0 Å². The van der Waals surface area contributed by atoms with Crippen LogP contribution in [-0.2, 0) is 4.79 Å². The highest BCUT2D eigenvalue weighted by molar-refractivity contribution is 7.99. The molecule has 0 aliphatic rings. The fraction of sp³-hybridized carbons (Fsp3) is 0.417. The number of thioether (sulfide) groups is 1. The Bertz CT molecular complexity index is 354. The quantitative estimate of drug-likeness (QED) is 0.550. The second-order valence-corrected chi connectivity index (χ2v) is 4.56. The summed E-state index contributed by atoms with van der Waals surface area (Å²) in [6.45, 7) is 0.550. The number of aliphatic hydroxyl groups is 1. The summed E-state index contributed by atoms with van der Waals surface area (Å²) < 4.78 is 5.44. The van der Waals surface area contributed by atoms with Crippen LogP contribution >= 0.6 is 11.8 Å². The van der Waals surface area contributed by atoms with Gasteiger partial charge in [-0.05, 0) is 24.6 Å². The molecule has 17 heavy (non-hydrogen) atoms. The molecule has 0 aliphatic carbocycles. The molecular weight excluding hydrogens is 240 g/mol. The fourth-order valence-electron chi connectivity index (χ4n) is 1.23. The van der Waals surface area contributed by atoms with Crippen LogP contribution in [0.4, 0.5) is 0 Å². The van der Waals surface area contributed by atoms with Gasteiger partial charge in [0.05, 0.1) is 13.2 Å². The van der Waals surface area contributed by atoms with Crippen LogP contribution in [0.25, 0.3) is 0 Å². The molecule has 0 saturated heterocycles. The summed E-state index contributed by atoms with van der Waals surface area (Å²) in [5.74, 6) is 0.585. The predicted molar refractivity (Wildman–Crippen MR) is 66.6 cm³/mol. The molecule has 1 aromatic rings. The zero-order chi connectivity index (χ0) is 12.5. The molecule has 0 radical (unpaired) electrons. The molecule has 0 spiro atoms. The average Bonchev–Trinajstić information content (AvgIpc) is 2.32. The molecule has 1 aromatic carbocycles. The van der Waals surface area contributed by atoms with Crippen LogP contribution in [0.1, 0.15) is 12.8 Å². The monoisotopic (exact) mass is 256 g/mol. The molecule has 0 fully saturated rings. The fourth-order valence-corrected chi connectivity index (χ4v) is 1.93. The number of benzene rings is 1. The SMILES string of the molecule is O=C(O)CCCOc1cccc(SCCO)c1. The predicted octanol–water partition coefficient (Wildman–Crippen LogP) is 2.01. The topological polar surface area (TPSA) is 66.8 Å². The number of ether oxygens (including phenoxy) is 1. The lowest BCUT2D eigenvalue weighted by molar-refractivity contribution is -0.137. The molecule has 1 rings (SSSR count). The maximum Gasteiger partial charge on any atom is 0.303 e. The Morgan fingerprint density at radius 2 is 2.24 bits per heavy atom. The van der Waals surface area contributed by atoms with Gasteiger partial charge in [-0.1, -0.05) is 6.07 Å². The molecule has 0 aliphatic heterocycles. The van der Waals surface area contributed by atoms with E-state index in [4.69, 9.17) is 14.9 Å². The molecule has 0 saturated carbocycles. The molecular formula is C12H16O4S. The van der Waals surface area contributed by atoms with E-state index in [0.717, 1.165) is 10.6 Å². The van der Waals surface area contributed by atoms with Gasteiger partial charge in [-0.25, -0.2) is 0 Å². The smallest absolute Gasteiger partial charge is 0.303 e. The minimum absolute atomic E-state index is 0.124. The first-order chi connectivity index (χ1) is 8.22. The van der Waals surface area contributed by atoms with Crippen molar-refractivity contribution in [3.8, 4) is 5.75 Å². The number of rotatable bonds is 8. The molecule has 4 nitrogen and oxygen atoms in total. The first-order valence-electron chi connectivity index (χ1n) is 5.40. The van der Waals surface area contributed by atoms with E-state index >= 15 is 0 Å². The highest BCUT2D eigenvalue weighted by atomic mass is 32.2. The van der Waals surface area contributed by atoms with Crippen LogP contribution in [-0.4, -0.2) is 35.1 Å². The van der Waals surface area contributed by atoms with E-state index in [2.05, 4.69) is 0 Å². The third-order valence-corrected chi connectivity index (χ3v) is 2.94. The van der Waals surface area contributed by atoms with Crippen molar-refractivity contribution in [2.75, 3.05) is 19.0 Å². The number of carboxylic acids is 1. The lowest BCUT2D eigenvalue weighted by Crippen LogP contribution is -2.02. The van der Waals surface area contributed by atoms with Crippen LogP contribution in [0.15, 0.2) is 29.2 Å². The molecule has 5 heteroatoms. The van der Waals surface area contributed by atoms with E-state index in [1.54, 1.807) is 11.8 Å². The minimum Gasteiger partial charge on any atom is -0.494 e. The van der Waals surface area contributed by atoms with Gasteiger partial charge in [0.15, 0.2) is 0 Å². The Morgan fingerprint density at radius 3 is 2.94 bits per heavy atom. The van der Waals surface area contributed by atoms with Crippen molar-refractivity contribution in [2.45, 2.75) is 17.7 Å². The summed E-state index contributed by atoms with van der Waals surface area (Å²) >= 11 is 1.55. The van der Waals surface area contributed by atoms with Crippen molar-refractivity contribution >= 4 is 17.7 Å². The highest BCUT2D eigenvalue weighted by Crippen LogP contribution is 2.22. The normalized spacial score (nSPS) is 10.2. The van der Waals surface area contributed by atoms with E-state index in [9.17, 15) is 4.79 Å². The van der Waals surface area contributed by atoms with Gasteiger partial charge in [0, 0.05) is 17.1 Å². The molecule has 0 unspecified atom stereocenters. The molecule has 0 atom stereocenters. The Balaban J connectivity index is 2.34. The van der Waals surface area contributed by atoms with Crippen molar-refractivity contribution in [3.05, 3.63) is 24.3 Å². The van der Waals surface area contributed by atoms with Crippen molar-refractivity contribution in [1.29, 1.82) is 0 Å². The molecule has 0 bridgehead atoms. The first-order valence-corrected chi connectivity index (χ1v) is 6.39. The van der Waals surface area contributed by atoms with Gasteiger partial charge in [0.1, 0.15) is 5.75 Å². The van der Waals surface area contributed by atoms with Crippen molar-refractivity contribution in [2.24, 2.45) is 0 Å². The summed E-state index contributed by atoms with van der Waals surface area (Å²) in [7, 11) is 0. The second kappa shape index (κ2) is 7.97. The number of aliphatic hydroxyl groups excluding tert-OH is 1. The Kier molecular flexibility index (Phi) is 6.50. The zero-order valence-corrected chi connectivity index (χ0v) is 10.3. The molecule has 0 amide bonds. The lowest BCUT2D eigenvalue weighted by Gasteiger charge is -2.06. The van der Waals surface area contributed by atoms with Crippen LogP contribution in [0, 0.1) is 0 Å². The zero-order valence-electron chi connectivity index (χ0n) is 9.46. The summed E-state index contributed by atoms with van der Waals surface area (Å²) in [6.07, 6.45) is 0.627. The van der Waals surface area contributed by atoms with Crippen molar-refractivity contribution < 1.29 is 19.7 Å². The second-order valence-electron chi connectivity index (χ2n) is 3.39. The third kappa shape index (κ3) is 6.19. The summed E-state index contributed by atoms with van der Waals surface area (Å²) in [5.41, 5.74) is 0. The number of carbonyl (C=O) groups is 1. The third-order valence-electron chi connectivity index (χ3n) is 1.97. The van der Waals surface area contributed by atoms with Gasteiger partial charge >= 0.3 is 5.97 Å². The standard InChI is InChI=1S/C12H16O4S/c13-6-8-17-11-4-1-3-10(9-11)16-7-2-5-12(14)15/h1,3-4,9,13H,2,5-8H2,(H,14,15). The maximum atomic E-state index is 10.3. The van der Waals surface area contributed by atoms with Crippen molar-refractivity contribution in [1.82, 2.24) is 0 Å². The van der Waals surface area contributed by atoms with Crippen LogP contribution in [0.3, 0.4) is 0 Å². The summed E-state index contributed by atoms with van der Waals surface area (Å²) in [5, 5.41) is 17.2. The molecule has 0 heterocycles. The molecule has 0 aromatic heterocycles. The van der Waals surface area contributed by atoms with E-state index < -0.39 is 5.97 Å². The van der Waals surface area contributed by atoms with Crippen LogP contribution in [0.2, 0.25) is 0 Å². The number of aliphatic carboxylic acids is 1. The number of hydrogen-bond donors (Lipinski definition) is 2. The van der Waals surface area contributed by atoms with E-state index in [1.807, 2.05) is 24.3 Å². The van der Waals surface area contributed by atoms with Gasteiger partial charge in [-0.15, -0.1) is 11.8 Å². The Hall–Kier alpha value is -1.20. The summed E-state index contributed by atoms with van der Waals surface area (Å²) in [4.78, 5) is 11.3. The van der Waals surface area contributed by atoms with E-state index in [1.165, 1.54) is 0 Å². The summed E-state index contributed by atoms with van der Waals surface area (Å²) in [6, 6.07) is 7.56. The maximum absolute atomic E-state index is 10.3. The molecule has 94 valence electrons. The minimum atomic E-state index is -0.805. The van der Waals surface area contributed by atoms with Crippen LogP contribution < -0.4 is 4.74 Å². The number of carboxylic acid groups (broad SMARTS) is 1. The van der Waals surface area contributed by atoms with Crippen LogP contribution in [0.5, 0.6) is 5.75 Å². The lowest BCUT2D eigenvalue weighted by atomic mass is 10.3. The largest absolute Gasteiger partial charge is 0.494 e. The van der Waals surface area contributed by atoms with Gasteiger partial charge in [-0.3, -0.25) is 4.79 Å². The molecule has 2 N–H and O–H groups in total.